The van der Waals surface area contributed by atoms with E-state index in [4.69, 9.17) is 23.2 Å². The summed E-state index contributed by atoms with van der Waals surface area (Å²) < 4.78 is 2.42. The monoisotopic (exact) mass is 358 g/mol. The van der Waals surface area contributed by atoms with Gasteiger partial charge in [-0.2, -0.15) is 5.26 Å². The molecule has 1 atom stereocenters. The zero-order valence-corrected chi connectivity index (χ0v) is 13.0. The fraction of sp³-hybridized carbons (Fsp3) is 0.167. The highest BCUT2D eigenvalue weighted by Crippen LogP contribution is 2.27. The van der Waals surface area contributed by atoms with Crippen LogP contribution in [0.2, 0.25) is 10.2 Å². The van der Waals surface area contributed by atoms with E-state index in [0.717, 1.165) is 10.2 Å². The van der Waals surface area contributed by atoms with E-state index in [-0.39, 0.29) is 0 Å². The van der Waals surface area contributed by atoms with E-state index in [2.05, 4.69) is 32.3 Å². The Hall–Kier alpha value is -1.22. The summed E-state index contributed by atoms with van der Waals surface area (Å²) in [5.74, 6) is 0.554. The van der Waals surface area contributed by atoms with E-state index in [1.54, 1.807) is 29.8 Å². The molecule has 2 rings (SSSR count). The van der Waals surface area contributed by atoms with Crippen molar-refractivity contribution >= 4 is 44.8 Å². The molecule has 19 heavy (non-hydrogen) atoms. The van der Waals surface area contributed by atoms with Crippen molar-refractivity contribution < 1.29 is 0 Å². The molecular formula is C12H9BrCl2N4. The molecule has 7 heteroatoms. The van der Waals surface area contributed by atoms with Crippen molar-refractivity contribution in [3.05, 3.63) is 44.9 Å². The summed E-state index contributed by atoms with van der Waals surface area (Å²) in [4.78, 5) is 4.13. The first-order chi connectivity index (χ1) is 9.02. The normalized spacial score (nSPS) is 11.9. The summed E-state index contributed by atoms with van der Waals surface area (Å²) in [6.07, 6.45) is 1.51. The third kappa shape index (κ3) is 3.03. The van der Waals surface area contributed by atoms with Crippen LogP contribution in [0.5, 0.6) is 0 Å². The van der Waals surface area contributed by atoms with Crippen molar-refractivity contribution in [1.82, 2.24) is 9.55 Å². The molecule has 1 N–H and O–H groups in total. The Bertz CT molecular complexity index is 648. The van der Waals surface area contributed by atoms with Crippen molar-refractivity contribution in [2.24, 2.45) is 7.05 Å². The third-order valence-corrected chi connectivity index (χ3v) is 4.15. The zero-order chi connectivity index (χ0) is 14.0. The number of nitrogens with zero attached hydrogens (tertiary/aromatic N) is 3. The van der Waals surface area contributed by atoms with Crippen LogP contribution in [0.1, 0.15) is 11.9 Å². The van der Waals surface area contributed by atoms with Crippen LogP contribution in [0.4, 0.5) is 5.69 Å². The molecule has 4 nitrogen and oxygen atoms in total. The molecule has 2 aromatic rings. The first kappa shape index (κ1) is 14.2. The number of halogens is 3. The Balaban J connectivity index is 2.27. The van der Waals surface area contributed by atoms with E-state index in [0.29, 0.717) is 16.0 Å². The van der Waals surface area contributed by atoms with Gasteiger partial charge >= 0.3 is 0 Å². The number of imidazole rings is 1. The van der Waals surface area contributed by atoms with Gasteiger partial charge in [0.1, 0.15) is 11.0 Å². The summed E-state index contributed by atoms with van der Waals surface area (Å²) in [6, 6.07) is 6.90. The molecule has 1 aromatic heterocycles. The van der Waals surface area contributed by atoms with Gasteiger partial charge in [-0.3, -0.25) is 0 Å². The minimum absolute atomic E-state index is 0.481. The van der Waals surface area contributed by atoms with Crippen LogP contribution in [0.3, 0.4) is 0 Å². The maximum absolute atomic E-state index is 9.25. The van der Waals surface area contributed by atoms with Crippen LogP contribution in [-0.2, 0) is 7.05 Å². The van der Waals surface area contributed by atoms with E-state index < -0.39 is 6.04 Å². The highest BCUT2D eigenvalue weighted by atomic mass is 79.9. The molecule has 0 amide bonds. The number of benzene rings is 1. The van der Waals surface area contributed by atoms with Crippen molar-refractivity contribution in [3.63, 3.8) is 0 Å². The number of nitrogens with one attached hydrogen (secondary N) is 1. The van der Waals surface area contributed by atoms with Gasteiger partial charge in [0.05, 0.1) is 17.3 Å². The van der Waals surface area contributed by atoms with Gasteiger partial charge < -0.3 is 9.88 Å². The van der Waals surface area contributed by atoms with Crippen LogP contribution in [-0.4, -0.2) is 9.55 Å². The first-order valence-corrected chi connectivity index (χ1v) is 6.86. The van der Waals surface area contributed by atoms with Crippen LogP contribution >= 0.6 is 39.1 Å². The van der Waals surface area contributed by atoms with Gasteiger partial charge in [0.2, 0.25) is 0 Å². The maximum Gasteiger partial charge on any atom is 0.173 e. The molecule has 0 aliphatic rings. The Morgan fingerprint density at radius 3 is 2.74 bits per heavy atom. The molecule has 1 heterocycles. The second-order valence-corrected chi connectivity index (χ2v) is 5.48. The molecule has 0 fully saturated rings. The van der Waals surface area contributed by atoms with Gasteiger partial charge in [-0.15, -0.1) is 0 Å². The fourth-order valence-corrected chi connectivity index (χ4v) is 2.21. The number of rotatable bonds is 3. The molecule has 0 spiro atoms. The highest BCUT2D eigenvalue weighted by Gasteiger charge is 2.17. The molecule has 0 saturated heterocycles. The third-order valence-electron chi connectivity index (χ3n) is 2.59. The molecule has 0 radical (unpaired) electrons. The van der Waals surface area contributed by atoms with Crippen LogP contribution in [0, 0.1) is 11.3 Å². The summed E-state index contributed by atoms with van der Waals surface area (Å²) in [6.45, 7) is 0. The zero-order valence-electron chi connectivity index (χ0n) is 9.86. The Kier molecular flexibility index (Phi) is 4.35. The molecule has 1 aromatic carbocycles. The predicted molar refractivity (Wildman–Crippen MR) is 79.3 cm³/mol. The number of nitriles is 1. The summed E-state index contributed by atoms with van der Waals surface area (Å²) >= 11 is 15.2. The molecule has 98 valence electrons. The highest BCUT2D eigenvalue weighted by molar-refractivity contribution is 9.10. The largest absolute Gasteiger partial charge is 0.364 e. The van der Waals surface area contributed by atoms with Crippen molar-refractivity contribution in [2.45, 2.75) is 6.04 Å². The SMILES string of the molecule is Cn1c(Cl)cnc1C(C#N)Nc1ccc(Cl)c(Br)c1. The fourth-order valence-electron chi connectivity index (χ4n) is 1.58. The van der Waals surface area contributed by atoms with Crippen molar-refractivity contribution in [1.29, 1.82) is 5.26 Å². The average Bonchev–Trinajstić information content (AvgIpc) is 2.72. The maximum atomic E-state index is 9.25. The van der Waals surface area contributed by atoms with E-state index in [1.165, 1.54) is 6.20 Å². The minimum Gasteiger partial charge on any atom is -0.364 e. The van der Waals surface area contributed by atoms with Crippen LogP contribution < -0.4 is 5.32 Å². The lowest BCUT2D eigenvalue weighted by Gasteiger charge is -2.13. The summed E-state index contributed by atoms with van der Waals surface area (Å²) in [5, 5.41) is 13.4. The first-order valence-electron chi connectivity index (χ1n) is 5.31. The molecule has 0 aliphatic heterocycles. The van der Waals surface area contributed by atoms with Gasteiger partial charge in [-0.05, 0) is 34.1 Å². The molecule has 0 aliphatic carbocycles. The number of hydrogen-bond donors (Lipinski definition) is 1. The van der Waals surface area contributed by atoms with Gasteiger partial charge in [0.25, 0.3) is 0 Å². The van der Waals surface area contributed by atoms with Gasteiger partial charge in [-0.25, -0.2) is 4.98 Å². The topological polar surface area (TPSA) is 53.6 Å². The standard InChI is InChI=1S/C12H9BrCl2N4/c1-19-11(15)6-17-12(19)10(5-16)18-7-2-3-9(14)8(13)4-7/h2-4,6,10,18H,1H3. The van der Waals surface area contributed by atoms with Gasteiger partial charge in [-0.1, -0.05) is 23.2 Å². The second-order valence-electron chi connectivity index (χ2n) is 3.83. The molecule has 1 unspecified atom stereocenters. The minimum atomic E-state index is -0.592. The average molecular weight is 360 g/mol. The van der Waals surface area contributed by atoms with Gasteiger partial charge in [0, 0.05) is 17.2 Å². The quantitative estimate of drug-likeness (QED) is 0.894. The Morgan fingerprint density at radius 1 is 1.47 bits per heavy atom. The van der Waals surface area contributed by atoms with Crippen LogP contribution in [0.25, 0.3) is 0 Å². The Morgan fingerprint density at radius 2 is 2.21 bits per heavy atom. The van der Waals surface area contributed by atoms with Crippen molar-refractivity contribution in [2.75, 3.05) is 5.32 Å². The van der Waals surface area contributed by atoms with E-state index in [1.807, 2.05) is 0 Å². The molecule has 0 saturated carbocycles. The number of aromatic nitrogens is 2. The van der Waals surface area contributed by atoms with Crippen LogP contribution in [0.15, 0.2) is 28.9 Å². The second kappa shape index (κ2) is 5.83. The lowest BCUT2D eigenvalue weighted by molar-refractivity contribution is 0.770. The van der Waals surface area contributed by atoms with Gasteiger partial charge in [0.15, 0.2) is 6.04 Å². The Labute approximate surface area is 129 Å². The number of anilines is 1. The summed E-state index contributed by atoms with van der Waals surface area (Å²) in [7, 11) is 1.76. The molecule has 0 bridgehead atoms. The van der Waals surface area contributed by atoms with Crippen molar-refractivity contribution in [3.8, 4) is 6.07 Å². The lowest BCUT2D eigenvalue weighted by Crippen LogP contribution is -2.13. The predicted octanol–water partition coefficient (Wildman–Crippen LogP) is 4.17. The number of hydrogen-bond acceptors (Lipinski definition) is 3. The lowest BCUT2D eigenvalue weighted by atomic mass is 10.2. The summed E-state index contributed by atoms with van der Waals surface area (Å²) in [5.41, 5.74) is 0.766. The molecular weight excluding hydrogens is 351 g/mol. The smallest absolute Gasteiger partial charge is 0.173 e. The van der Waals surface area contributed by atoms with E-state index in [9.17, 15) is 5.26 Å². The van der Waals surface area contributed by atoms with E-state index >= 15 is 0 Å².